The van der Waals surface area contributed by atoms with Gasteiger partial charge in [-0.3, -0.25) is 9.59 Å². The molecule has 0 bridgehead atoms. The summed E-state index contributed by atoms with van der Waals surface area (Å²) in [5.41, 5.74) is 0. The minimum Gasteiger partial charge on any atom is -0.462 e. The van der Waals surface area contributed by atoms with Crippen molar-refractivity contribution in [3.63, 3.8) is 0 Å². The van der Waals surface area contributed by atoms with Gasteiger partial charge >= 0.3 is 11.9 Å². The Morgan fingerprint density at radius 1 is 0.286 bits per heavy atom. The van der Waals surface area contributed by atoms with Crippen LogP contribution < -0.4 is 0 Å². The molecule has 5 heteroatoms. The molecule has 1 unspecified atom stereocenters. The van der Waals surface area contributed by atoms with Gasteiger partial charge in [0.25, 0.3) is 0 Å². The molecule has 0 aliphatic rings. The van der Waals surface area contributed by atoms with E-state index in [0.29, 0.717) is 12.8 Å². The zero-order valence-corrected chi connectivity index (χ0v) is 56.9. The minimum atomic E-state index is -0.771. The maximum Gasteiger partial charge on any atom is 0.306 e. The Hall–Kier alpha value is -2.14. The molecule has 0 saturated carbocycles. The predicted octanol–water partition coefficient (Wildman–Crippen LogP) is 26.7. The van der Waals surface area contributed by atoms with E-state index in [1.165, 1.54) is 340 Å². The summed E-state index contributed by atoms with van der Waals surface area (Å²) >= 11 is 0. The summed E-state index contributed by atoms with van der Waals surface area (Å²) in [5, 5.41) is 9.72. The smallest absolute Gasteiger partial charge is 0.306 e. The van der Waals surface area contributed by atoms with Gasteiger partial charge in [-0.15, -0.1) is 0 Å². The molecule has 0 aromatic carbocycles. The largest absolute Gasteiger partial charge is 0.462 e. The molecule has 0 aliphatic carbocycles. The maximum absolute atomic E-state index is 12.4. The van der Waals surface area contributed by atoms with Crippen LogP contribution in [0.15, 0.2) is 48.6 Å². The zero-order valence-electron chi connectivity index (χ0n) is 56.9. The normalized spacial score (nSPS) is 12.4. The van der Waals surface area contributed by atoms with E-state index >= 15 is 0 Å². The molecule has 0 fully saturated rings. The standard InChI is InChI=1S/C79H148O5/c1-3-5-7-9-11-13-15-17-19-21-23-25-27-29-31-33-35-37-38-39-40-42-43-45-47-49-51-53-55-57-59-61-63-65-67-69-71-73-78(81)83-76-77(75-80)84-79(82)74-72-70-68-66-64-62-60-58-56-54-52-50-48-46-44-41-36-34-32-30-28-26-24-22-20-18-16-14-12-10-8-6-4-2/h6,8,12,14,18,20,24,26,77,80H,3-5,7,9-11,13,15-17,19,21-23,25,27-76H2,1-2H3/b8-6-,14-12-,20-18-,26-24-. The van der Waals surface area contributed by atoms with Gasteiger partial charge in [0.05, 0.1) is 6.61 Å². The highest BCUT2D eigenvalue weighted by Gasteiger charge is 2.16. The van der Waals surface area contributed by atoms with Crippen molar-refractivity contribution in [2.45, 2.75) is 431 Å². The molecule has 0 radical (unpaired) electrons. The number of ether oxygens (including phenoxy) is 2. The molecular formula is C79H148O5. The quantitative estimate of drug-likeness (QED) is 0.0373. The highest BCUT2D eigenvalue weighted by molar-refractivity contribution is 5.70. The number of allylic oxidation sites excluding steroid dienone is 8. The molecule has 0 saturated heterocycles. The maximum atomic E-state index is 12.4. The second-order valence-corrected chi connectivity index (χ2v) is 26.1. The Morgan fingerprint density at radius 2 is 0.512 bits per heavy atom. The van der Waals surface area contributed by atoms with Gasteiger partial charge in [-0.2, -0.15) is 0 Å². The van der Waals surface area contributed by atoms with Crippen LogP contribution in [-0.4, -0.2) is 36.4 Å². The van der Waals surface area contributed by atoms with Crippen LogP contribution in [0.2, 0.25) is 0 Å². The van der Waals surface area contributed by atoms with E-state index in [-0.39, 0.29) is 25.2 Å². The second-order valence-electron chi connectivity index (χ2n) is 26.1. The molecule has 0 heterocycles. The molecule has 494 valence electrons. The topological polar surface area (TPSA) is 72.8 Å². The van der Waals surface area contributed by atoms with Crippen molar-refractivity contribution >= 4 is 11.9 Å². The van der Waals surface area contributed by atoms with Gasteiger partial charge in [0.2, 0.25) is 0 Å². The average Bonchev–Trinajstić information content (AvgIpc) is 3.51. The fraction of sp³-hybridized carbons (Fsp3) is 0.873. The van der Waals surface area contributed by atoms with E-state index < -0.39 is 6.10 Å². The monoisotopic (exact) mass is 1180 g/mol. The second kappa shape index (κ2) is 75.1. The number of esters is 2. The van der Waals surface area contributed by atoms with E-state index in [0.717, 1.165) is 57.8 Å². The number of carbonyl (C=O) groups is 2. The molecule has 5 nitrogen and oxygen atoms in total. The zero-order chi connectivity index (χ0) is 60.5. The van der Waals surface area contributed by atoms with Crippen molar-refractivity contribution in [1.29, 1.82) is 0 Å². The third kappa shape index (κ3) is 72.3. The first-order valence-corrected chi connectivity index (χ1v) is 38.2. The SMILES string of the molecule is CC/C=C\C/C=C\C/C=C\C/C=C\CCCCCCCCCCCCCCCCCCCCCCC(=O)OC(CO)COC(=O)CCCCCCCCCCCCCCCCCCCCCCCCCCCCCCCCCCCCCCC. The lowest BCUT2D eigenvalue weighted by molar-refractivity contribution is -0.161. The summed E-state index contributed by atoms with van der Waals surface area (Å²) in [7, 11) is 0. The molecule has 0 spiro atoms. The first-order chi connectivity index (χ1) is 41.6. The van der Waals surface area contributed by atoms with E-state index in [4.69, 9.17) is 9.47 Å². The minimum absolute atomic E-state index is 0.0591. The molecular weight excluding hydrogens is 1030 g/mol. The van der Waals surface area contributed by atoms with E-state index in [9.17, 15) is 14.7 Å². The molecule has 0 aliphatic heterocycles. The molecule has 1 atom stereocenters. The Balaban J connectivity index is 3.36. The van der Waals surface area contributed by atoms with Gasteiger partial charge in [-0.05, 0) is 51.4 Å². The summed E-state index contributed by atoms with van der Waals surface area (Å²) in [6, 6.07) is 0. The van der Waals surface area contributed by atoms with Gasteiger partial charge in [0.15, 0.2) is 6.10 Å². The van der Waals surface area contributed by atoms with Crippen molar-refractivity contribution in [1.82, 2.24) is 0 Å². The van der Waals surface area contributed by atoms with Gasteiger partial charge in [0.1, 0.15) is 6.61 Å². The number of hydrogen-bond donors (Lipinski definition) is 1. The molecule has 0 aromatic heterocycles. The van der Waals surface area contributed by atoms with E-state index in [2.05, 4.69) is 62.5 Å². The number of aliphatic hydroxyl groups is 1. The molecule has 0 amide bonds. The van der Waals surface area contributed by atoms with Gasteiger partial charge in [-0.1, -0.05) is 409 Å². The molecule has 0 rings (SSSR count). The number of unbranched alkanes of at least 4 members (excludes halogenated alkanes) is 56. The van der Waals surface area contributed by atoms with Crippen molar-refractivity contribution < 1.29 is 24.2 Å². The highest BCUT2D eigenvalue weighted by Crippen LogP contribution is 2.20. The Bertz CT molecular complexity index is 1380. The number of hydrogen-bond acceptors (Lipinski definition) is 5. The summed E-state index contributed by atoms with van der Waals surface area (Å²) in [5.74, 6) is -0.564. The summed E-state index contributed by atoms with van der Waals surface area (Å²) in [4.78, 5) is 24.7. The fourth-order valence-electron chi connectivity index (χ4n) is 12.0. The van der Waals surface area contributed by atoms with Crippen molar-refractivity contribution in [3.05, 3.63) is 48.6 Å². The molecule has 1 N–H and O–H groups in total. The Kier molecular flexibility index (Phi) is 73.2. The van der Waals surface area contributed by atoms with E-state index in [1.54, 1.807) is 0 Å². The summed E-state index contributed by atoms with van der Waals surface area (Å²) < 4.78 is 10.8. The van der Waals surface area contributed by atoms with Gasteiger partial charge in [-0.25, -0.2) is 0 Å². The van der Waals surface area contributed by atoms with Gasteiger partial charge in [0, 0.05) is 12.8 Å². The van der Waals surface area contributed by atoms with Crippen LogP contribution in [0, 0.1) is 0 Å². The van der Waals surface area contributed by atoms with Crippen LogP contribution in [0.5, 0.6) is 0 Å². The fourth-order valence-corrected chi connectivity index (χ4v) is 12.0. The number of carbonyl (C=O) groups excluding carboxylic acids is 2. The third-order valence-electron chi connectivity index (χ3n) is 17.6. The van der Waals surface area contributed by atoms with Crippen LogP contribution >= 0.6 is 0 Å². The lowest BCUT2D eigenvalue weighted by atomic mass is 10.0. The third-order valence-corrected chi connectivity index (χ3v) is 17.6. The number of aliphatic hydroxyl groups excluding tert-OH is 1. The van der Waals surface area contributed by atoms with Crippen molar-refractivity contribution in [2.75, 3.05) is 13.2 Å². The first kappa shape index (κ1) is 81.9. The highest BCUT2D eigenvalue weighted by atomic mass is 16.6. The lowest BCUT2D eigenvalue weighted by Crippen LogP contribution is -2.28. The van der Waals surface area contributed by atoms with Crippen LogP contribution in [-0.2, 0) is 19.1 Å². The molecule has 84 heavy (non-hydrogen) atoms. The molecule has 0 aromatic rings. The Morgan fingerprint density at radius 3 is 0.774 bits per heavy atom. The first-order valence-electron chi connectivity index (χ1n) is 38.2. The predicted molar refractivity (Wildman–Crippen MR) is 371 cm³/mol. The van der Waals surface area contributed by atoms with Crippen LogP contribution in [0.3, 0.4) is 0 Å². The van der Waals surface area contributed by atoms with Gasteiger partial charge < -0.3 is 14.6 Å². The van der Waals surface area contributed by atoms with Crippen LogP contribution in [0.4, 0.5) is 0 Å². The Labute approximate surface area is 526 Å². The number of rotatable bonds is 72. The summed E-state index contributed by atoms with van der Waals surface area (Å²) in [6.07, 6.45) is 102. The summed E-state index contributed by atoms with van der Waals surface area (Å²) in [6.45, 7) is 4.10. The average molecular weight is 1180 g/mol. The lowest BCUT2D eigenvalue weighted by Gasteiger charge is -2.15. The van der Waals surface area contributed by atoms with Crippen molar-refractivity contribution in [3.8, 4) is 0 Å². The van der Waals surface area contributed by atoms with Crippen LogP contribution in [0.1, 0.15) is 425 Å². The van der Waals surface area contributed by atoms with Crippen molar-refractivity contribution in [2.24, 2.45) is 0 Å². The van der Waals surface area contributed by atoms with Crippen LogP contribution in [0.25, 0.3) is 0 Å². The van der Waals surface area contributed by atoms with E-state index in [1.807, 2.05) is 0 Å².